The summed E-state index contributed by atoms with van der Waals surface area (Å²) in [7, 11) is 0. The van der Waals surface area contributed by atoms with Crippen LogP contribution in [-0.2, 0) is 122 Å². The van der Waals surface area contributed by atoms with Crippen LogP contribution in [0.4, 0.5) is 0 Å². The highest BCUT2D eigenvalue weighted by Gasteiger charge is 2.39. The molecule has 0 saturated heterocycles. The average Bonchev–Trinajstić information content (AvgIpc) is 1.57. The molecule has 0 bridgehead atoms. The Bertz CT molecular complexity index is 5320. The Kier molecular flexibility index (Phi) is 15.8. The molecule has 8 aromatic carbocycles. The van der Waals surface area contributed by atoms with Crippen LogP contribution in [0.3, 0.4) is 0 Å². The summed E-state index contributed by atoms with van der Waals surface area (Å²) in [6.07, 6.45) is 19.1. The van der Waals surface area contributed by atoms with Gasteiger partial charge in [0, 0.05) is 94.4 Å². The third-order valence-electron chi connectivity index (χ3n) is 24.6. The van der Waals surface area contributed by atoms with E-state index in [1.165, 1.54) is 141 Å². The van der Waals surface area contributed by atoms with E-state index in [0.717, 1.165) is 116 Å². The minimum absolute atomic E-state index is 1.04. The van der Waals surface area contributed by atoms with Gasteiger partial charge in [0.1, 0.15) is 0 Å². The van der Waals surface area contributed by atoms with Gasteiger partial charge >= 0.3 is 0 Å². The van der Waals surface area contributed by atoms with E-state index < -0.39 is 0 Å². The van der Waals surface area contributed by atoms with E-state index in [4.69, 9.17) is 0 Å². The van der Waals surface area contributed by atoms with Crippen molar-refractivity contribution in [2.75, 3.05) is 0 Å². The predicted molar refractivity (Wildman–Crippen MR) is 416 cm³/mol. The van der Waals surface area contributed by atoms with Crippen LogP contribution in [0.15, 0.2) is 162 Å². The van der Waals surface area contributed by atoms with Gasteiger partial charge in [-0.1, -0.05) is 182 Å². The molecular formula is C95H97N3. The van der Waals surface area contributed by atoms with Crippen LogP contribution in [0.25, 0.3) is 72.1 Å². The summed E-state index contributed by atoms with van der Waals surface area (Å²) in [5.41, 5.74) is 58.0. The molecule has 0 amide bonds. The lowest BCUT2D eigenvalue weighted by molar-refractivity contribution is 0.740. The molecule has 11 aromatic rings. The number of rotatable bonds is 11. The summed E-state index contributed by atoms with van der Waals surface area (Å²) < 4.78 is 7.70. The van der Waals surface area contributed by atoms with Gasteiger partial charge in [-0.2, -0.15) is 0 Å². The Balaban J connectivity index is 0.0000000983. The van der Waals surface area contributed by atoms with Gasteiger partial charge in [0.2, 0.25) is 0 Å². The largest absolute Gasteiger partial charge is 0.344 e. The van der Waals surface area contributed by atoms with Crippen molar-refractivity contribution in [2.24, 2.45) is 0 Å². The third kappa shape index (κ3) is 9.76. The number of benzene rings is 8. The molecule has 3 nitrogen and oxygen atoms in total. The first-order valence-corrected chi connectivity index (χ1v) is 38.2. The summed E-state index contributed by atoms with van der Waals surface area (Å²) >= 11 is 0. The molecule has 0 unspecified atom stereocenters. The molecule has 9 aliphatic rings. The number of fused-ring (bicyclic) bond motifs is 24. The van der Waals surface area contributed by atoms with Crippen molar-refractivity contribution < 1.29 is 0 Å². The van der Waals surface area contributed by atoms with Gasteiger partial charge in [-0.3, -0.25) is 0 Å². The number of aryl methyl sites for hydroxylation is 10. The SMILES string of the molecule is CCc1ccc2c(c1)-c1c3c(n(CC)c1C2)-c1cc(CC)ccc1C3.CCc1ccc2c(c1)C1=C(C2)C2=C(C1)Cc1ccc(CC)cc12.CCc1ccc2c(c1)C1=C(C2)Cc2c1n(CC)c1ccc(CC)cc21.CCc1ccc2c(c1)C1=C(C2)c2c(n(CC)c3ccc(CC)cc23)C1. The molecule has 492 valence electrons. The zero-order valence-electron chi connectivity index (χ0n) is 60.3. The molecule has 3 heteroatoms. The Hall–Kier alpha value is -8.92. The summed E-state index contributed by atoms with van der Waals surface area (Å²) in [5, 5.41) is 2.96. The molecule has 3 heterocycles. The van der Waals surface area contributed by atoms with Gasteiger partial charge in [0.15, 0.2) is 0 Å². The molecule has 20 rings (SSSR count). The molecule has 0 saturated carbocycles. The predicted octanol–water partition coefficient (Wildman–Crippen LogP) is 22.8. The second kappa shape index (κ2) is 24.8. The smallest absolute Gasteiger partial charge is 0.0533 e. The fourth-order valence-electron chi connectivity index (χ4n) is 19.3. The van der Waals surface area contributed by atoms with E-state index in [2.05, 4.69) is 235 Å². The maximum atomic E-state index is 2.60. The normalized spacial score (nSPS) is 15.2. The number of hydrogen-bond acceptors (Lipinski definition) is 0. The summed E-state index contributed by atoms with van der Waals surface area (Å²) in [6, 6.07) is 56.9. The molecule has 3 aromatic heterocycles. The molecule has 0 N–H and O–H groups in total. The van der Waals surface area contributed by atoms with Crippen molar-refractivity contribution in [2.45, 2.75) is 205 Å². The van der Waals surface area contributed by atoms with Gasteiger partial charge in [-0.05, 0) is 286 Å². The number of nitrogens with zero attached hydrogens (tertiary/aromatic N) is 3. The van der Waals surface area contributed by atoms with Gasteiger partial charge in [0.05, 0.1) is 11.4 Å². The number of aromatic nitrogens is 3. The van der Waals surface area contributed by atoms with E-state index in [-0.39, 0.29) is 0 Å². The molecule has 0 fully saturated rings. The molecular weight excluding hydrogens is 1180 g/mol. The maximum absolute atomic E-state index is 2.60. The minimum Gasteiger partial charge on any atom is -0.344 e. The second-order valence-electron chi connectivity index (χ2n) is 29.5. The lowest BCUT2D eigenvalue weighted by atomic mass is 9.95. The van der Waals surface area contributed by atoms with E-state index in [1.54, 1.807) is 94.9 Å². The van der Waals surface area contributed by atoms with Crippen LogP contribution in [0.1, 0.15) is 216 Å². The summed E-state index contributed by atoms with van der Waals surface area (Å²) in [5.74, 6) is 0. The van der Waals surface area contributed by atoms with Gasteiger partial charge in [-0.25, -0.2) is 0 Å². The third-order valence-corrected chi connectivity index (χ3v) is 24.6. The van der Waals surface area contributed by atoms with E-state index in [9.17, 15) is 0 Å². The zero-order valence-corrected chi connectivity index (χ0v) is 60.3. The van der Waals surface area contributed by atoms with Crippen molar-refractivity contribution in [1.82, 2.24) is 13.7 Å². The van der Waals surface area contributed by atoms with Crippen molar-refractivity contribution in [3.63, 3.8) is 0 Å². The Morgan fingerprint density at radius 3 is 1.18 bits per heavy atom. The van der Waals surface area contributed by atoms with Crippen LogP contribution in [0.2, 0.25) is 0 Å². The Labute approximate surface area is 583 Å². The van der Waals surface area contributed by atoms with Crippen LogP contribution in [-0.4, -0.2) is 13.7 Å². The van der Waals surface area contributed by atoms with Crippen LogP contribution < -0.4 is 0 Å². The molecule has 0 spiro atoms. The van der Waals surface area contributed by atoms with Crippen molar-refractivity contribution in [3.8, 4) is 22.4 Å². The topological polar surface area (TPSA) is 14.8 Å². The molecule has 0 aliphatic heterocycles. The second-order valence-corrected chi connectivity index (χ2v) is 29.5. The highest BCUT2D eigenvalue weighted by molar-refractivity contribution is 6.10. The van der Waals surface area contributed by atoms with E-state index >= 15 is 0 Å². The first-order chi connectivity index (χ1) is 48.0. The quantitative estimate of drug-likeness (QED) is 0.123. The maximum Gasteiger partial charge on any atom is 0.0533 e. The fourth-order valence-corrected chi connectivity index (χ4v) is 19.3. The van der Waals surface area contributed by atoms with Gasteiger partial charge in [-0.15, -0.1) is 0 Å². The first kappa shape index (κ1) is 62.6. The Morgan fingerprint density at radius 2 is 0.653 bits per heavy atom. The standard InChI is InChI=1S/3C24H25N.C23H22/c1-4-15-8-10-18-14-22-23(19(18)11-15)21-13-17-9-7-16(5-2)12-20(17)24(21)25(22)6-3;1-4-15-7-9-17-13-18-14-21-20-12-16(5-2)8-10-22(20)25(6-3)24(21)23(18)19(17)11-15;1-4-15-7-9-17-13-20-19(18(17)11-15)14-23-24(20)21-12-16(5-2)8-10-22(21)25(23)6-3;1-3-14-6-8-17-12-22-21(19(17)9-14)13-18-11-16-7-5-15(4-2)10-20(16)23(18)22/h3*7-12H,4-6,13-14H2,1-3H3;5-10H,3-4,11-13H2,1-2H3. The first-order valence-electron chi connectivity index (χ1n) is 38.2. The van der Waals surface area contributed by atoms with Crippen LogP contribution in [0.5, 0.6) is 0 Å². The average molecular weight is 1280 g/mol. The van der Waals surface area contributed by atoms with Gasteiger partial charge in [0.25, 0.3) is 0 Å². The highest BCUT2D eigenvalue weighted by atomic mass is 15.0. The van der Waals surface area contributed by atoms with Crippen molar-refractivity contribution >= 4 is 49.7 Å². The van der Waals surface area contributed by atoms with Crippen LogP contribution in [0, 0.1) is 0 Å². The molecule has 0 atom stereocenters. The van der Waals surface area contributed by atoms with Crippen molar-refractivity contribution in [3.05, 3.63) is 296 Å². The van der Waals surface area contributed by atoms with E-state index in [1.807, 2.05) is 0 Å². The highest BCUT2D eigenvalue weighted by Crippen LogP contribution is 2.56. The lowest BCUT2D eigenvalue weighted by Crippen LogP contribution is -2.02. The Morgan fingerprint density at radius 1 is 0.255 bits per heavy atom. The van der Waals surface area contributed by atoms with Crippen LogP contribution >= 0.6 is 0 Å². The van der Waals surface area contributed by atoms with E-state index in [0.29, 0.717) is 0 Å². The minimum atomic E-state index is 1.04. The van der Waals surface area contributed by atoms with Gasteiger partial charge < -0.3 is 13.7 Å². The molecule has 98 heavy (non-hydrogen) atoms. The number of allylic oxidation sites excluding steroid dienone is 7. The monoisotopic (exact) mass is 1280 g/mol. The summed E-state index contributed by atoms with van der Waals surface area (Å²) in [6.45, 7) is 28.0. The van der Waals surface area contributed by atoms with Crippen molar-refractivity contribution in [1.29, 1.82) is 0 Å². The summed E-state index contributed by atoms with van der Waals surface area (Å²) in [4.78, 5) is 0. The fraction of sp³-hybridized carbons (Fsp3) is 0.326. The lowest BCUT2D eigenvalue weighted by Gasteiger charge is -2.12. The zero-order chi connectivity index (χ0) is 66.9. The number of hydrogen-bond donors (Lipinski definition) is 0. The molecule has 0 radical (unpaired) electrons. The molecule has 9 aliphatic carbocycles.